The number of nitrogens with one attached hydrogen (secondary N) is 2. The lowest BCUT2D eigenvalue weighted by molar-refractivity contribution is -0.261. The van der Waals surface area contributed by atoms with Gasteiger partial charge in [-0.2, -0.15) is 4.94 Å². The number of aliphatic hydroxyl groups excluding tert-OH is 2. The molecule has 0 aliphatic carbocycles. The van der Waals surface area contributed by atoms with Gasteiger partial charge in [0.05, 0.1) is 28.3 Å². The summed E-state index contributed by atoms with van der Waals surface area (Å²) < 4.78 is 11.3. The third kappa shape index (κ3) is 7.70. The molecule has 0 radical (unpaired) electrons. The molecule has 0 saturated heterocycles. The minimum atomic E-state index is -2.53. The fourth-order valence-electron chi connectivity index (χ4n) is 1.25. The largest absolute Gasteiger partial charge is 0.388 e. The van der Waals surface area contributed by atoms with Crippen molar-refractivity contribution >= 4 is 17.2 Å². The van der Waals surface area contributed by atoms with Gasteiger partial charge >= 0.3 is 0 Å². The van der Waals surface area contributed by atoms with Crippen LogP contribution in [0.25, 0.3) is 0 Å². The first-order valence-corrected chi connectivity index (χ1v) is 8.92. The predicted molar refractivity (Wildman–Crippen MR) is 83.5 cm³/mol. The van der Waals surface area contributed by atoms with Crippen LogP contribution < -0.4 is 11.3 Å². The summed E-state index contributed by atoms with van der Waals surface area (Å²) in [6.45, 7) is 3.22. The Labute approximate surface area is 141 Å². The van der Waals surface area contributed by atoms with Crippen molar-refractivity contribution in [2.24, 2.45) is 0 Å². The molecule has 1 aromatic heterocycles. The molecular weight excluding hydrogens is 366 g/mol. The van der Waals surface area contributed by atoms with Gasteiger partial charge in [-0.25, -0.2) is 9.61 Å². The Kier molecular flexibility index (Phi) is 10.2. The van der Waals surface area contributed by atoms with Crippen LogP contribution in [0.15, 0.2) is 18.7 Å². The van der Waals surface area contributed by atoms with Gasteiger partial charge in [0.1, 0.15) is 6.10 Å². The summed E-state index contributed by atoms with van der Waals surface area (Å²) in [5, 5.41) is 27.4. The lowest BCUT2D eigenvalue weighted by atomic mass is 10.4. The van der Waals surface area contributed by atoms with Crippen LogP contribution in [0.3, 0.4) is 0 Å². The van der Waals surface area contributed by atoms with Crippen LogP contribution in [0, 0.1) is 0 Å². The van der Waals surface area contributed by atoms with Crippen LogP contribution in [0.5, 0.6) is 0 Å². The molecule has 0 aliphatic heterocycles. The Balaban J connectivity index is 2.61. The highest BCUT2D eigenvalue weighted by atomic mass is 31.2. The summed E-state index contributed by atoms with van der Waals surface area (Å²) in [7, 11) is -3.35. The molecule has 1 heterocycles. The third-order valence-corrected chi connectivity index (χ3v) is 5.16. The van der Waals surface area contributed by atoms with E-state index in [0.29, 0.717) is 6.61 Å². The predicted octanol–water partition coefficient (Wildman–Crippen LogP) is -0.948. The first-order chi connectivity index (χ1) is 11.4. The number of aromatic nitrogens is 2. The molecule has 0 fully saturated rings. The number of rotatable bonds is 13. The van der Waals surface area contributed by atoms with E-state index in [-0.39, 0.29) is 6.54 Å². The fourth-order valence-corrected chi connectivity index (χ4v) is 3.16. The average molecular weight is 388 g/mol. The monoisotopic (exact) mass is 388 g/mol. The second-order valence-electron chi connectivity index (χ2n) is 4.47. The summed E-state index contributed by atoms with van der Waals surface area (Å²) in [5.74, 6) is 0. The quantitative estimate of drug-likeness (QED) is 0.107. The van der Waals surface area contributed by atoms with Gasteiger partial charge in [0, 0.05) is 12.4 Å². The van der Waals surface area contributed by atoms with E-state index in [0.717, 1.165) is 0 Å². The molecule has 6 N–H and O–H groups in total. The molecule has 0 aliphatic rings. The SMILES string of the molecule is CCONONO[P@@](O)C(O)(Cn1ccnc1)POC(O)[C@H](C)O. The summed E-state index contributed by atoms with van der Waals surface area (Å²) in [4.78, 5) is 23.1. The Bertz CT molecular complexity index is 443. The second kappa shape index (κ2) is 11.3. The van der Waals surface area contributed by atoms with Crippen LogP contribution in [0.2, 0.25) is 0 Å². The summed E-state index contributed by atoms with van der Waals surface area (Å²) in [5.41, 5.74) is 3.93. The van der Waals surface area contributed by atoms with E-state index in [1.165, 1.54) is 24.0 Å². The average Bonchev–Trinajstić information content (AvgIpc) is 3.04. The van der Waals surface area contributed by atoms with Crippen molar-refractivity contribution in [3.63, 3.8) is 0 Å². The molecular formula is C10H22N4O8P2. The maximum Gasteiger partial charge on any atom is 0.234 e. The van der Waals surface area contributed by atoms with E-state index in [4.69, 9.17) is 9.15 Å². The molecule has 14 heteroatoms. The van der Waals surface area contributed by atoms with Gasteiger partial charge in [-0.1, -0.05) is 11.3 Å². The molecule has 24 heavy (non-hydrogen) atoms. The molecule has 0 amide bonds. The van der Waals surface area contributed by atoms with Crippen LogP contribution in [0.1, 0.15) is 13.8 Å². The Morgan fingerprint density at radius 3 is 2.75 bits per heavy atom. The van der Waals surface area contributed by atoms with Gasteiger partial charge in [-0.15, -0.1) is 0 Å². The van der Waals surface area contributed by atoms with Gasteiger partial charge in [0.2, 0.25) is 8.38 Å². The fraction of sp³-hybridized carbons (Fsp3) is 0.700. The summed E-state index contributed by atoms with van der Waals surface area (Å²) >= 11 is 0. The van der Waals surface area contributed by atoms with Crippen molar-refractivity contribution in [2.45, 2.75) is 37.9 Å². The van der Waals surface area contributed by atoms with E-state index in [1.807, 2.05) is 11.3 Å². The van der Waals surface area contributed by atoms with E-state index >= 15 is 0 Å². The zero-order chi connectivity index (χ0) is 18.0. The van der Waals surface area contributed by atoms with E-state index in [9.17, 15) is 20.2 Å². The molecule has 1 aromatic rings. The van der Waals surface area contributed by atoms with Crippen LogP contribution >= 0.6 is 17.2 Å². The number of hydrogen-bond donors (Lipinski definition) is 6. The number of aliphatic hydroxyl groups is 3. The van der Waals surface area contributed by atoms with E-state index in [1.54, 1.807) is 13.1 Å². The van der Waals surface area contributed by atoms with Crippen molar-refractivity contribution in [1.82, 2.24) is 20.8 Å². The van der Waals surface area contributed by atoms with Gasteiger partial charge < -0.3 is 29.3 Å². The Hall–Kier alpha value is -0.330. The van der Waals surface area contributed by atoms with Crippen LogP contribution in [0.4, 0.5) is 0 Å². The second-order valence-corrected chi connectivity index (χ2v) is 7.62. The first kappa shape index (κ1) is 21.7. The summed E-state index contributed by atoms with van der Waals surface area (Å²) in [6.07, 6.45) is 1.78. The molecule has 0 spiro atoms. The van der Waals surface area contributed by atoms with Crippen LogP contribution in [-0.4, -0.2) is 53.8 Å². The van der Waals surface area contributed by atoms with Gasteiger partial charge in [-0.3, -0.25) is 4.84 Å². The van der Waals surface area contributed by atoms with Crippen molar-refractivity contribution in [1.29, 1.82) is 0 Å². The molecule has 0 saturated carbocycles. The standard InChI is InChI=1S/C10H22N4O8P2/c1-3-19-12-21-13-22-24(18)10(17,6-14-5-4-11-7-14)23-20-9(16)8(2)15/h4-5,7-9,12-13,15-18,23H,3,6H2,1-2H3/t8-,9?,10?,24+/m0/s1. The normalized spacial score (nSPS) is 18.6. The molecule has 1 rings (SSSR count). The number of nitrogens with zero attached hydrogens (tertiary/aromatic N) is 2. The molecule has 140 valence electrons. The minimum absolute atomic E-state index is 0.138. The highest BCUT2D eigenvalue weighted by Gasteiger charge is 2.41. The lowest BCUT2D eigenvalue weighted by Gasteiger charge is -2.31. The van der Waals surface area contributed by atoms with Gasteiger partial charge in [0.15, 0.2) is 11.4 Å². The maximum absolute atomic E-state index is 10.6. The molecule has 5 atom stereocenters. The van der Waals surface area contributed by atoms with Gasteiger partial charge in [-0.05, 0) is 13.8 Å². The minimum Gasteiger partial charge on any atom is -0.388 e. The molecule has 0 aromatic carbocycles. The Morgan fingerprint density at radius 2 is 2.17 bits per heavy atom. The topological polar surface area (TPSA) is 160 Å². The number of imidazole rings is 1. The van der Waals surface area contributed by atoms with Crippen molar-refractivity contribution < 1.29 is 39.1 Å². The van der Waals surface area contributed by atoms with E-state index in [2.05, 4.69) is 14.8 Å². The highest BCUT2D eigenvalue weighted by molar-refractivity contribution is 7.61. The molecule has 0 bridgehead atoms. The maximum atomic E-state index is 10.6. The third-order valence-electron chi connectivity index (χ3n) is 2.44. The van der Waals surface area contributed by atoms with Gasteiger partial charge in [0.25, 0.3) is 0 Å². The lowest BCUT2D eigenvalue weighted by Crippen LogP contribution is -2.33. The van der Waals surface area contributed by atoms with E-state index < -0.39 is 34.7 Å². The van der Waals surface area contributed by atoms with Crippen molar-refractivity contribution in [3.8, 4) is 0 Å². The number of hydrogen-bond acceptors (Lipinski definition) is 11. The molecule has 3 unspecified atom stereocenters. The van der Waals surface area contributed by atoms with Crippen molar-refractivity contribution in [3.05, 3.63) is 18.7 Å². The zero-order valence-electron chi connectivity index (χ0n) is 13.1. The molecule has 12 nitrogen and oxygen atoms in total. The van der Waals surface area contributed by atoms with Crippen LogP contribution in [-0.2, 0) is 25.5 Å². The van der Waals surface area contributed by atoms with Crippen molar-refractivity contribution in [2.75, 3.05) is 6.61 Å². The smallest absolute Gasteiger partial charge is 0.234 e. The Morgan fingerprint density at radius 1 is 1.42 bits per heavy atom. The zero-order valence-corrected chi connectivity index (χ0v) is 15.0. The first-order valence-electron chi connectivity index (χ1n) is 6.79. The summed E-state index contributed by atoms with van der Waals surface area (Å²) in [6, 6.07) is 0. The highest BCUT2D eigenvalue weighted by Crippen LogP contribution is 2.56.